The number of anilines is 1. The summed E-state index contributed by atoms with van der Waals surface area (Å²) in [6.45, 7) is 4.95. The van der Waals surface area contributed by atoms with Gasteiger partial charge in [0, 0.05) is 17.9 Å². The van der Waals surface area contributed by atoms with Crippen LogP contribution in [-0.2, 0) is 11.2 Å². The zero-order valence-corrected chi connectivity index (χ0v) is 16.6. The minimum Gasteiger partial charge on any atom is -0.491 e. The molecule has 1 fully saturated rings. The second kappa shape index (κ2) is 9.22. The van der Waals surface area contributed by atoms with Crippen molar-refractivity contribution < 1.29 is 19.4 Å². The number of rotatable bonds is 8. The van der Waals surface area contributed by atoms with Crippen molar-refractivity contribution in [3.8, 4) is 5.75 Å². The summed E-state index contributed by atoms with van der Waals surface area (Å²) in [4.78, 5) is 12.5. The van der Waals surface area contributed by atoms with E-state index in [4.69, 9.17) is 9.47 Å². The smallest absolute Gasteiger partial charge is 0.255 e. The molecule has 0 radical (unpaired) electrons. The number of nitrogens with one attached hydrogen (secondary N) is 1. The van der Waals surface area contributed by atoms with Crippen LogP contribution in [0.2, 0.25) is 0 Å². The Hall–Kier alpha value is -2.37. The summed E-state index contributed by atoms with van der Waals surface area (Å²) >= 11 is 0. The van der Waals surface area contributed by atoms with Gasteiger partial charge in [0.05, 0.1) is 11.7 Å². The molecule has 1 unspecified atom stereocenters. The van der Waals surface area contributed by atoms with Crippen LogP contribution in [0.5, 0.6) is 5.75 Å². The first-order valence-electron chi connectivity index (χ1n) is 9.86. The minimum atomic E-state index is -0.716. The van der Waals surface area contributed by atoms with Crippen LogP contribution in [0.4, 0.5) is 5.69 Å². The molecule has 5 heteroatoms. The van der Waals surface area contributed by atoms with Gasteiger partial charge in [-0.15, -0.1) is 0 Å². The van der Waals surface area contributed by atoms with Crippen molar-refractivity contribution in [3.05, 3.63) is 59.7 Å². The SMILES string of the molecule is CC(C)(O)CCc1cccc(C(=O)Nc2ccc(OCC3CCCO3)cc2)c1. The highest BCUT2D eigenvalue weighted by Gasteiger charge is 2.16. The fourth-order valence-corrected chi connectivity index (χ4v) is 3.12. The van der Waals surface area contributed by atoms with Crippen LogP contribution in [0.25, 0.3) is 0 Å². The van der Waals surface area contributed by atoms with Crippen molar-refractivity contribution in [2.24, 2.45) is 0 Å². The third-order valence-electron chi connectivity index (χ3n) is 4.79. The molecule has 3 rings (SSSR count). The van der Waals surface area contributed by atoms with Gasteiger partial charge in [-0.25, -0.2) is 0 Å². The summed E-state index contributed by atoms with van der Waals surface area (Å²) in [7, 11) is 0. The summed E-state index contributed by atoms with van der Waals surface area (Å²) in [6, 6.07) is 14.9. The van der Waals surface area contributed by atoms with E-state index >= 15 is 0 Å². The third kappa shape index (κ3) is 6.36. The predicted octanol–water partition coefficient (Wildman–Crippen LogP) is 4.20. The molecular weight excluding hydrogens is 354 g/mol. The molecule has 0 aromatic heterocycles. The summed E-state index contributed by atoms with van der Waals surface area (Å²) in [5.74, 6) is 0.611. The molecule has 1 amide bonds. The summed E-state index contributed by atoms with van der Waals surface area (Å²) in [5.41, 5.74) is 1.64. The highest BCUT2D eigenvalue weighted by molar-refractivity contribution is 6.04. The van der Waals surface area contributed by atoms with Crippen molar-refractivity contribution in [3.63, 3.8) is 0 Å². The fraction of sp³-hybridized carbons (Fsp3) is 0.435. The molecule has 1 saturated heterocycles. The molecule has 2 aromatic rings. The topological polar surface area (TPSA) is 67.8 Å². The molecule has 0 spiro atoms. The molecule has 1 aliphatic heterocycles. The van der Waals surface area contributed by atoms with Gasteiger partial charge in [0.25, 0.3) is 5.91 Å². The van der Waals surface area contributed by atoms with E-state index in [0.717, 1.165) is 42.9 Å². The van der Waals surface area contributed by atoms with E-state index < -0.39 is 5.60 Å². The Morgan fingerprint density at radius 2 is 2.04 bits per heavy atom. The molecule has 1 atom stereocenters. The number of benzene rings is 2. The Morgan fingerprint density at radius 3 is 2.71 bits per heavy atom. The summed E-state index contributed by atoms with van der Waals surface area (Å²) < 4.78 is 11.3. The van der Waals surface area contributed by atoms with Gasteiger partial charge in [0.2, 0.25) is 0 Å². The van der Waals surface area contributed by atoms with Crippen molar-refractivity contribution in [2.75, 3.05) is 18.5 Å². The second-order valence-corrected chi connectivity index (χ2v) is 7.94. The number of amides is 1. The maximum atomic E-state index is 12.5. The molecule has 1 heterocycles. The maximum Gasteiger partial charge on any atom is 0.255 e. The van der Waals surface area contributed by atoms with Gasteiger partial charge in [-0.05, 0) is 81.5 Å². The Balaban J connectivity index is 1.53. The van der Waals surface area contributed by atoms with Gasteiger partial charge in [-0.3, -0.25) is 4.79 Å². The van der Waals surface area contributed by atoms with E-state index in [9.17, 15) is 9.90 Å². The van der Waals surface area contributed by atoms with Gasteiger partial charge in [0.15, 0.2) is 0 Å². The fourth-order valence-electron chi connectivity index (χ4n) is 3.12. The second-order valence-electron chi connectivity index (χ2n) is 7.94. The number of aryl methyl sites for hydroxylation is 1. The highest BCUT2D eigenvalue weighted by Crippen LogP contribution is 2.20. The number of hydrogen-bond acceptors (Lipinski definition) is 4. The Morgan fingerprint density at radius 1 is 1.25 bits per heavy atom. The van der Waals surface area contributed by atoms with Crippen LogP contribution in [0.3, 0.4) is 0 Å². The van der Waals surface area contributed by atoms with Gasteiger partial charge >= 0.3 is 0 Å². The van der Waals surface area contributed by atoms with E-state index in [-0.39, 0.29) is 12.0 Å². The molecule has 0 aliphatic carbocycles. The largest absolute Gasteiger partial charge is 0.491 e. The van der Waals surface area contributed by atoms with Gasteiger partial charge < -0.3 is 19.9 Å². The Labute approximate surface area is 166 Å². The van der Waals surface area contributed by atoms with Crippen LogP contribution in [0.1, 0.15) is 49.0 Å². The van der Waals surface area contributed by atoms with Crippen LogP contribution >= 0.6 is 0 Å². The Bertz CT molecular complexity index is 774. The van der Waals surface area contributed by atoms with Crippen LogP contribution in [-0.4, -0.2) is 35.9 Å². The minimum absolute atomic E-state index is 0.155. The molecule has 150 valence electrons. The zero-order valence-electron chi connectivity index (χ0n) is 16.6. The first-order chi connectivity index (χ1) is 13.4. The lowest BCUT2D eigenvalue weighted by atomic mass is 9.98. The summed E-state index contributed by atoms with van der Waals surface area (Å²) in [5, 5.41) is 12.8. The number of hydrogen-bond donors (Lipinski definition) is 2. The van der Waals surface area contributed by atoms with Gasteiger partial charge in [-0.1, -0.05) is 12.1 Å². The number of aliphatic hydroxyl groups is 1. The van der Waals surface area contributed by atoms with Crippen LogP contribution in [0.15, 0.2) is 48.5 Å². The lowest BCUT2D eigenvalue weighted by molar-refractivity contribution is 0.0679. The van der Waals surface area contributed by atoms with E-state index in [0.29, 0.717) is 18.6 Å². The van der Waals surface area contributed by atoms with E-state index in [2.05, 4.69) is 5.32 Å². The molecule has 28 heavy (non-hydrogen) atoms. The lowest BCUT2D eigenvalue weighted by Gasteiger charge is -2.16. The molecule has 5 nitrogen and oxygen atoms in total. The standard InChI is InChI=1S/C23H29NO4/c1-23(2,26)13-12-17-5-3-6-18(15-17)22(25)24-19-8-10-20(11-9-19)28-16-21-7-4-14-27-21/h3,5-6,8-11,15,21,26H,4,7,12-14,16H2,1-2H3,(H,24,25). The van der Waals surface area contributed by atoms with Crippen LogP contribution < -0.4 is 10.1 Å². The zero-order chi connectivity index (χ0) is 20.0. The molecule has 1 aliphatic rings. The summed E-state index contributed by atoms with van der Waals surface area (Å²) in [6.07, 6.45) is 3.69. The number of carbonyl (C=O) groups is 1. The van der Waals surface area contributed by atoms with Crippen molar-refractivity contribution in [1.29, 1.82) is 0 Å². The number of ether oxygens (including phenoxy) is 2. The van der Waals surface area contributed by atoms with E-state index in [1.807, 2.05) is 42.5 Å². The maximum absolute atomic E-state index is 12.5. The normalized spacial score (nSPS) is 16.8. The van der Waals surface area contributed by atoms with E-state index in [1.54, 1.807) is 19.9 Å². The third-order valence-corrected chi connectivity index (χ3v) is 4.79. The molecule has 2 N–H and O–H groups in total. The first kappa shape index (κ1) is 20.4. The lowest BCUT2D eigenvalue weighted by Crippen LogP contribution is -2.19. The molecular formula is C23H29NO4. The number of carbonyl (C=O) groups excluding carboxylic acids is 1. The van der Waals surface area contributed by atoms with Gasteiger partial charge in [-0.2, -0.15) is 0 Å². The quantitative estimate of drug-likeness (QED) is 0.717. The van der Waals surface area contributed by atoms with Crippen molar-refractivity contribution in [1.82, 2.24) is 0 Å². The molecule has 0 saturated carbocycles. The van der Waals surface area contributed by atoms with Crippen molar-refractivity contribution in [2.45, 2.75) is 51.2 Å². The Kier molecular flexibility index (Phi) is 6.70. The average Bonchev–Trinajstić information content (AvgIpc) is 3.19. The molecule has 0 bridgehead atoms. The molecule has 2 aromatic carbocycles. The predicted molar refractivity (Wildman–Crippen MR) is 110 cm³/mol. The highest BCUT2D eigenvalue weighted by atomic mass is 16.5. The average molecular weight is 383 g/mol. The van der Waals surface area contributed by atoms with Crippen LogP contribution in [0, 0.1) is 0 Å². The van der Waals surface area contributed by atoms with E-state index in [1.165, 1.54) is 0 Å². The van der Waals surface area contributed by atoms with Gasteiger partial charge in [0.1, 0.15) is 12.4 Å². The monoisotopic (exact) mass is 383 g/mol. The van der Waals surface area contributed by atoms with Crippen molar-refractivity contribution >= 4 is 11.6 Å². The first-order valence-corrected chi connectivity index (χ1v) is 9.86.